The van der Waals surface area contributed by atoms with Crippen molar-refractivity contribution < 1.29 is 9.90 Å². The standard InChI is InChI=1S/C14H20ClNO2/c1-11(10-17)5-4-8-16-14(18)9-12-6-2-3-7-13(12)15/h2-3,6-7,11,17H,4-5,8-10H2,1H3,(H,16,18). The predicted octanol–water partition coefficient (Wildman–Crippen LogP) is 2.41. The van der Waals surface area contributed by atoms with Crippen molar-refractivity contribution in [1.82, 2.24) is 5.32 Å². The molecule has 100 valence electrons. The van der Waals surface area contributed by atoms with Gasteiger partial charge in [-0.2, -0.15) is 0 Å². The molecular weight excluding hydrogens is 250 g/mol. The monoisotopic (exact) mass is 269 g/mol. The third-order valence-corrected chi connectivity index (χ3v) is 3.19. The van der Waals surface area contributed by atoms with E-state index in [9.17, 15) is 4.79 Å². The minimum Gasteiger partial charge on any atom is -0.396 e. The van der Waals surface area contributed by atoms with Gasteiger partial charge >= 0.3 is 0 Å². The van der Waals surface area contributed by atoms with Crippen LogP contribution in [0.15, 0.2) is 24.3 Å². The summed E-state index contributed by atoms with van der Waals surface area (Å²) in [5.74, 6) is 0.283. The summed E-state index contributed by atoms with van der Waals surface area (Å²) in [6.07, 6.45) is 2.12. The van der Waals surface area contributed by atoms with Crippen LogP contribution >= 0.6 is 11.6 Å². The first-order valence-electron chi connectivity index (χ1n) is 6.24. The molecule has 3 nitrogen and oxygen atoms in total. The molecule has 0 radical (unpaired) electrons. The smallest absolute Gasteiger partial charge is 0.224 e. The minimum atomic E-state index is -0.0141. The summed E-state index contributed by atoms with van der Waals surface area (Å²) < 4.78 is 0. The van der Waals surface area contributed by atoms with Gasteiger partial charge in [-0.3, -0.25) is 4.79 Å². The minimum absolute atomic E-state index is 0.0141. The van der Waals surface area contributed by atoms with E-state index in [1.165, 1.54) is 0 Å². The molecule has 0 saturated carbocycles. The van der Waals surface area contributed by atoms with Gasteiger partial charge in [0.05, 0.1) is 6.42 Å². The molecule has 1 amide bonds. The Bertz CT molecular complexity index is 382. The highest BCUT2D eigenvalue weighted by Crippen LogP contribution is 2.15. The number of halogens is 1. The van der Waals surface area contributed by atoms with E-state index < -0.39 is 0 Å². The Labute approximate surface area is 113 Å². The van der Waals surface area contributed by atoms with Gasteiger partial charge in [0.15, 0.2) is 0 Å². The summed E-state index contributed by atoms with van der Waals surface area (Å²) in [7, 11) is 0. The molecule has 0 fully saturated rings. The van der Waals surface area contributed by atoms with Gasteiger partial charge in [-0.1, -0.05) is 36.7 Å². The van der Waals surface area contributed by atoms with Crippen LogP contribution in [0.5, 0.6) is 0 Å². The second-order valence-electron chi connectivity index (χ2n) is 4.55. The Morgan fingerprint density at radius 2 is 2.17 bits per heavy atom. The van der Waals surface area contributed by atoms with Crippen molar-refractivity contribution >= 4 is 17.5 Å². The maximum atomic E-state index is 11.7. The zero-order valence-corrected chi connectivity index (χ0v) is 11.4. The summed E-state index contributed by atoms with van der Waals surface area (Å²) in [5.41, 5.74) is 0.848. The first-order chi connectivity index (χ1) is 8.63. The van der Waals surface area contributed by atoms with E-state index in [0.29, 0.717) is 23.9 Å². The van der Waals surface area contributed by atoms with Crippen LogP contribution in [0.1, 0.15) is 25.3 Å². The summed E-state index contributed by atoms with van der Waals surface area (Å²) in [5, 5.41) is 12.4. The Balaban J connectivity index is 2.24. The summed E-state index contributed by atoms with van der Waals surface area (Å²) in [6, 6.07) is 7.36. The van der Waals surface area contributed by atoms with Gasteiger partial charge in [-0.05, 0) is 30.4 Å². The number of aliphatic hydroxyl groups excluding tert-OH is 1. The van der Waals surface area contributed by atoms with Gasteiger partial charge in [0.1, 0.15) is 0 Å². The van der Waals surface area contributed by atoms with Crippen molar-refractivity contribution in [2.75, 3.05) is 13.2 Å². The fourth-order valence-electron chi connectivity index (χ4n) is 1.65. The Kier molecular flexibility index (Phi) is 6.76. The number of aliphatic hydroxyl groups is 1. The van der Waals surface area contributed by atoms with E-state index in [1.54, 1.807) is 6.07 Å². The van der Waals surface area contributed by atoms with Crippen LogP contribution in [0.2, 0.25) is 5.02 Å². The molecule has 0 heterocycles. The van der Waals surface area contributed by atoms with Crippen molar-refractivity contribution in [2.24, 2.45) is 5.92 Å². The van der Waals surface area contributed by atoms with E-state index in [1.807, 2.05) is 25.1 Å². The van der Waals surface area contributed by atoms with Gasteiger partial charge in [0.25, 0.3) is 0 Å². The first-order valence-corrected chi connectivity index (χ1v) is 6.62. The highest BCUT2D eigenvalue weighted by atomic mass is 35.5. The van der Waals surface area contributed by atoms with Crippen LogP contribution in [0.3, 0.4) is 0 Å². The molecule has 1 aromatic carbocycles. The fraction of sp³-hybridized carbons (Fsp3) is 0.500. The molecule has 1 aromatic rings. The summed E-state index contributed by atoms with van der Waals surface area (Å²) in [6.45, 7) is 2.84. The Hall–Kier alpha value is -1.06. The van der Waals surface area contributed by atoms with Crippen molar-refractivity contribution in [3.63, 3.8) is 0 Å². The lowest BCUT2D eigenvalue weighted by atomic mass is 10.1. The molecule has 0 aliphatic heterocycles. The van der Waals surface area contributed by atoms with E-state index in [-0.39, 0.29) is 12.5 Å². The normalized spacial score (nSPS) is 12.2. The number of amides is 1. The molecule has 1 atom stereocenters. The van der Waals surface area contributed by atoms with Crippen molar-refractivity contribution in [3.05, 3.63) is 34.9 Å². The molecule has 18 heavy (non-hydrogen) atoms. The molecule has 1 unspecified atom stereocenters. The topological polar surface area (TPSA) is 49.3 Å². The molecule has 0 bridgehead atoms. The van der Waals surface area contributed by atoms with Crippen molar-refractivity contribution in [1.29, 1.82) is 0 Å². The molecule has 0 saturated heterocycles. The number of carbonyl (C=O) groups is 1. The average Bonchev–Trinajstić information content (AvgIpc) is 2.37. The zero-order valence-electron chi connectivity index (χ0n) is 10.7. The highest BCUT2D eigenvalue weighted by molar-refractivity contribution is 6.31. The van der Waals surface area contributed by atoms with Gasteiger partial charge in [0, 0.05) is 18.2 Å². The van der Waals surface area contributed by atoms with Gasteiger partial charge in [0.2, 0.25) is 5.91 Å². The quantitative estimate of drug-likeness (QED) is 0.747. The van der Waals surface area contributed by atoms with E-state index in [4.69, 9.17) is 16.7 Å². The molecule has 0 aliphatic carbocycles. The lowest BCUT2D eigenvalue weighted by molar-refractivity contribution is -0.120. The second-order valence-corrected chi connectivity index (χ2v) is 4.96. The number of carbonyl (C=O) groups excluding carboxylic acids is 1. The van der Waals surface area contributed by atoms with Gasteiger partial charge in [-0.25, -0.2) is 0 Å². The molecule has 2 N–H and O–H groups in total. The molecular formula is C14H20ClNO2. The Morgan fingerprint density at radius 1 is 1.44 bits per heavy atom. The third-order valence-electron chi connectivity index (χ3n) is 2.82. The van der Waals surface area contributed by atoms with Crippen LogP contribution in [0, 0.1) is 5.92 Å². The van der Waals surface area contributed by atoms with E-state index in [2.05, 4.69) is 5.32 Å². The highest BCUT2D eigenvalue weighted by Gasteiger charge is 2.06. The zero-order chi connectivity index (χ0) is 13.4. The first kappa shape index (κ1) is 15.0. The molecule has 0 aliphatic rings. The van der Waals surface area contributed by atoms with Crippen molar-refractivity contribution in [2.45, 2.75) is 26.2 Å². The maximum Gasteiger partial charge on any atom is 0.224 e. The molecule has 0 aromatic heterocycles. The van der Waals surface area contributed by atoms with E-state index >= 15 is 0 Å². The van der Waals surface area contributed by atoms with Crippen LogP contribution < -0.4 is 5.32 Å². The maximum absolute atomic E-state index is 11.7. The summed E-state index contributed by atoms with van der Waals surface area (Å²) in [4.78, 5) is 11.7. The third kappa shape index (κ3) is 5.52. The molecule has 1 rings (SSSR count). The second kappa shape index (κ2) is 8.11. The SMILES string of the molecule is CC(CO)CCCNC(=O)Cc1ccccc1Cl. The average molecular weight is 270 g/mol. The molecule has 0 spiro atoms. The van der Waals surface area contributed by atoms with Crippen molar-refractivity contribution in [3.8, 4) is 0 Å². The number of hydrogen-bond acceptors (Lipinski definition) is 2. The van der Waals surface area contributed by atoms with Crippen LogP contribution in [-0.4, -0.2) is 24.2 Å². The number of hydrogen-bond donors (Lipinski definition) is 2. The van der Waals surface area contributed by atoms with Crippen LogP contribution in [-0.2, 0) is 11.2 Å². The lowest BCUT2D eigenvalue weighted by Gasteiger charge is -2.09. The van der Waals surface area contributed by atoms with Crippen LogP contribution in [0.4, 0.5) is 0 Å². The van der Waals surface area contributed by atoms with Gasteiger partial charge in [-0.15, -0.1) is 0 Å². The van der Waals surface area contributed by atoms with E-state index in [0.717, 1.165) is 18.4 Å². The molecule has 4 heteroatoms. The predicted molar refractivity (Wildman–Crippen MR) is 73.6 cm³/mol. The Morgan fingerprint density at radius 3 is 2.83 bits per heavy atom. The summed E-state index contributed by atoms with van der Waals surface area (Å²) >= 11 is 5.98. The van der Waals surface area contributed by atoms with Crippen LogP contribution in [0.25, 0.3) is 0 Å². The number of benzene rings is 1. The van der Waals surface area contributed by atoms with Gasteiger partial charge < -0.3 is 10.4 Å². The number of nitrogens with one attached hydrogen (secondary N) is 1. The lowest BCUT2D eigenvalue weighted by Crippen LogP contribution is -2.26. The number of rotatable bonds is 7. The fourth-order valence-corrected chi connectivity index (χ4v) is 1.85. The largest absolute Gasteiger partial charge is 0.396 e.